The Morgan fingerprint density at radius 1 is 0.955 bits per heavy atom. The Morgan fingerprint density at radius 3 is 2.32 bits per heavy atom. The third-order valence-corrected chi connectivity index (χ3v) is 6.07. The molecule has 0 aliphatic heterocycles. The van der Waals surface area contributed by atoms with Gasteiger partial charge in [-0.3, -0.25) is 0 Å². The van der Waals surface area contributed by atoms with Crippen LogP contribution in [0.2, 0.25) is 0 Å². The van der Waals surface area contributed by atoms with Crippen molar-refractivity contribution in [1.29, 1.82) is 0 Å². The van der Waals surface area contributed by atoms with E-state index in [9.17, 15) is 0 Å². The molecule has 0 saturated heterocycles. The molecule has 0 aromatic carbocycles. The molecule has 0 fully saturated rings. The van der Waals surface area contributed by atoms with Crippen molar-refractivity contribution in [2.45, 2.75) is 79.1 Å². The predicted molar refractivity (Wildman–Crippen MR) is 96.8 cm³/mol. The molecule has 3 aliphatic carbocycles. The van der Waals surface area contributed by atoms with Gasteiger partial charge in [0, 0.05) is 5.92 Å². The summed E-state index contributed by atoms with van der Waals surface area (Å²) in [4.78, 5) is 0. The molecule has 120 valence electrons. The van der Waals surface area contributed by atoms with Crippen LogP contribution >= 0.6 is 0 Å². The third-order valence-electron chi connectivity index (χ3n) is 6.07. The van der Waals surface area contributed by atoms with Gasteiger partial charge in [-0.1, -0.05) is 61.1 Å². The maximum absolute atomic E-state index is 2.63. The lowest BCUT2D eigenvalue weighted by molar-refractivity contribution is 0.519. The zero-order chi connectivity index (χ0) is 15.7. The average Bonchev–Trinajstić information content (AvgIpc) is 3.13. The van der Waals surface area contributed by atoms with Gasteiger partial charge < -0.3 is 0 Å². The second-order valence-electron chi connectivity index (χ2n) is 7.61. The number of rotatable bonds is 6. The van der Waals surface area contributed by atoms with E-state index in [0.717, 1.165) is 5.92 Å². The first-order chi connectivity index (χ1) is 10.7. The van der Waals surface area contributed by atoms with E-state index in [4.69, 9.17) is 0 Å². The van der Waals surface area contributed by atoms with Crippen LogP contribution in [0, 0.1) is 11.8 Å². The summed E-state index contributed by atoms with van der Waals surface area (Å²) in [5.74, 6) is 1.48. The Hall–Kier alpha value is -1.04. The minimum Gasteiger partial charge on any atom is -0.0775 e. The Kier molecular flexibility index (Phi) is 4.76. The first-order valence-corrected chi connectivity index (χ1v) is 9.45. The van der Waals surface area contributed by atoms with Crippen LogP contribution in [0.5, 0.6) is 0 Å². The van der Waals surface area contributed by atoms with Crippen molar-refractivity contribution in [3.63, 3.8) is 0 Å². The summed E-state index contributed by atoms with van der Waals surface area (Å²) in [6, 6.07) is 0. The smallest absolute Gasteiger partial charge is 0.00516 e. The summed E-state index contributed by atoms with van der Waals surface area (Å²) >= 11 is 0. The van der Waals surface area contributed by atoms with Crippen LogP contribution in [-0.2, 0) is 0 Å². The van der Waals surface area contributed by atoms with Crippen LogP contribution in [0.4, 0.5) is 0 Å². The number of hydrogen-bond donors (Lipinski definition) is 0. The maximum atomic E-state index is 2.63. The maximum Gasteiger partial charge on any atom is 0.00516 e. The standard InChI is InChI=1S/C22H32/c1-5-7-9-17-11-19-15(3)21-13-18(10-8-6-2)14-22(21)16(4)20(19)12-17/h11,14,19-20H,5-10,12-13H2,1-4H3. The number of unbranched alkanes of at least 4 members (excludes halogenated alkanes) is 2. The second-order valence-corrected chi connectivity index (χ2v) is 7.61. The molecule has 0 N–H and O–H groups in total. The molecular weight excluding hydrogens is 264 g/mol. The van der Waals surface area contributed by atoms with Gasteiger partial charge in [0.1, 0.15) is 0 Å². The lowest BCUT2D eigenvalue weighted by Gasteiger charge is -2.30. The van der Waals surface area contributed by atoms with Crippen molar-refractivity contribution >= 4 is 0 Å². The van der Waals surface area contributed by atoms with Crippen LogP contribution in [0.15, 0.2) is 45.6 Å². The van der Waals surface area contributed by atoms with Crippen LogP contribution in [0.25, 0.3) is 0 Å². The summed E-state index contributed by atoms with van der Waals surface area (Å²) < 4.78 is 0. The summed E-state index contributed by atoms with van der Waals surface area (Å²) in [7, 11) is 0. The first kappa shape index (κ1) is 15.8. The Balaban J connectivity index is 1.83. The van der Waals surface area contributed by atoms with Crippen LogP contribution in [0.1, 0.15) is 79.1 Å². The van der Waals surface area contributed by atoms with Gasteiger partial charge in [0.05, 0.1) is 0 Å². The molecule has 0 heterocycles. The SMILES string of the molecule is CCCCC1=CC2=C(C)C3CC(CCCC)=CC3C(C)=C2C1. The van der Waals surface area contributed by atoms with Gasteiger partial charge in [0.2, 0.25) is 0 Å². The zero-order valence-corrected chi connectivity index (χ0v) is 15.0. The molecule has 3 aliphatic rings. The second kappa shape index (κ2) is 6.60. The molecule has 0 heteroatoms. The normalized spacial score (nSPS) is 27.1. The summed E-state index contributed by atoms with van der Waals surface area (Å²) in [6.45, 7) is 9.42. The molecule has 0 saturated carbocycles. The Labute approximate surface area is 137 Å². The fourth-order valence-corrected chi connectivity index (χ4v) is 4.62. The average molecular weight is 296 g/mol. The fraction of sp³-hybridized carbons (Fsp3) is 0.636. The summed E-state index contributed by atoms with van der Waals surface area (Å²) in [6.07, 6.45) is 15.7. The van der Waals surface area contributed by atoms with Crippen molar-refractivity contribution in [3.8, 4) is 0 Å². The quantitative estimate of drug-likeness (QED) is 0.467. The lowest BCUT2D eigenvalue weighted by atomic mass is 9.74. The van der Waals surface area contributed by atoms with E-state index in [1.54, 1.807) is 33.4 Å². The molecule has 2 unspecified atom stereocenters. The highest BCUT2D eigenvalue weighted by atomic mass is 14.4. The summed E-state index contributed by atoms with van der Waals surface area (Å²) in [5, 5.41) is 0. The fourth-order valence-electron chi connectivity index (χ4n) is 4.62. The Bertz CT molecular complexity index is 565. The molecule has 0 aromatic rings. The highest BCUT2D eigenvalue weighted by Crippen LogP contribution is 2.51. The van der Waals surface area contributed by atoms with E-state index in [0.29, 0.717) is 5.92 Å². The minimum absolute atomic E-state index is 0.713. The molecule has 0 bridgehead atoms. The molecule has 0 aromatic heterocycles. The van der Waals surface area contributed by atoms with Gasteiger partial charge in [0.15, 0.2) is 0 Å². The Morgan fingerprint density at radius 2 is 1.64 bits per heavy atom. The van der Waals surface area contributed by atoms with Crippen molar-refractivity contribution in [3.05, 3.63) is 45.6 Å². The van der Waals surface area contributed by atoms with Crippen LogP contribution in [0.3, 0.4) is 0 Å². The van der Waals surface area contributed by atoms with Gasteiger partial charge in [0.25, 0.3) is 0 Å². The highest BCUT2D eigenvalue weighted by molar-refractivity contribution is 5.59. The van der Waals surface area contributed by atoms with Gasteiger partial charge in [-0.15, -0.1) is 0 Å². The van der Waals surface area contributed by atoms with Crippen LogP contribution < -0.4 is 0 Å². The van der Waals surface area contributed by atoms with Gasteiger partial charge in [-0.2, -0.15) is 0 Å². The van der Waals surface area contributed by atoms with E-state index in [-0.39, 0.29) is 0 Å². The minimum atomic E-state index is 0.713. The first-order valence-electron chi connectivity index (χ1n) is 9.45. The van der Waals surface area contributed by atoms with Gasteiger partial charge >= 0.3 is 0 Å². The van der Waals surface area contributed by atoms with Gasteiger partial charge in [-0.25, -0.2) is 0 Å². The molecule has 0 amide bonds. The molecule has 2 atom stereocenters. The van der Waals surface area contributed by atoms with Crippen molar-refractivity contribution in [2.75, 3.05) is 0 Å². The highest BCUT2D eigenvalue weighted by Gasteiger charge is 2.37. The van der Waals surface area contributed by atoms with E-state index < -0.39 is 0 Å². The molecule has 0 radical (unpaired) electrons. The number of fused-ring (bicyclic) bond motifs is 2. The zero-order valence-electron chi connectivity index (χ0n) is 15.0. The monoisotopic (exact) mass is 296 g/mol. The molecule has 3 rings (SSSR count). The molecule has 0 nitrogen and oxygen atoms in total. The van der Waals surface area contributed by atoms with Gasteiger partial charge in [-0.05, 0) is 69.4 Å². The topological polar surface area (TPSA) is 0 Å². The molecule has 22 heavy (non-hydrogen) atoms. The predicted octanol–water partition coefficient (Wildman–Crippen LogP) is 6.91. The lowest BCUT2D eigenvalue weighted by Crippen LogP contribution is -2.18. The van der Waals surface area contributed by atoms with E-state index in [2.05, 4.69) is 39.8 Å². The van der Waals surface area contributed by atoms with Crippen molar-refractivity contribution in [1.82, 2.24) is 0 Å². The van der Waals surface area contributed by atoms with Crippen molar-refractivity contribution in [2.24, 2.45) is 11.8 Å². The van der Waals surface area contributed by atoms with Crippen LogP contribution in [-0.4, -0.2) is 0 Å². The van der Waals surface area contributed by atoms with E-state index in [1.165, 1.54) is 51.4 Å². The van der Waals surface area contributed by atoms with E-state index in [1.807, 2.05) is 0 Å². The molecule has 0 spiro atoms. The van der Waals surface area contributed by atoms with E-state index >= 15 is 0 Å². The largest absolute Gasteiger partial charge is 0.0775 e. The molecular formula is C22H32. The summed E-state index contributed by atoms with van der Waals surface area (Å²) in [5.41, 5.74) is 10.1. The number of hydrogen-bond acceptors (Lipinski definition) is 0. The number of allylic oxidation sites excluding steroid dienone is 8. The van der Waals surface area contributed by atoms with Crippen molar-refractivity contribution < 1.29 is 0 Å². The third kappa shape index (κ3) is 2.77.